The van der Waals surface area contributed by atoms with Crippen LogP contribution in [0, 0.1) is 0 Å². The van der Waals surface area contributed by atoms with Crippen LogP contribution in [0.4, 0.5) is 10.5 Å². The predicted octanol–water partition coefficient (Wildman–Crippen LogP) is 6.10. The number of halogens is 1. The largest absolute Gasteiger partial charge is 0.445 e. The monoisotopic (exact) mass is 592 g/mol. The Balaban J connectivity index is 1.30. The molecule has 3 N–H and O–H groups in total. The summed E-state index contributed by atoms with van der Waals surface area (Å²) in [4.78, 5) is 14.4. The fraction of sp³-hybridized carbons (Fsp3) is 0.364. The molecule has 3 aromatic rings. The van der Waals surface area contributed by atoms with Gasteiger partial charge in [-0.15, -0.1) is 0 Å². The van der Waals surface area contributed by atoms with Crippen LogP contribution in [0.5, 0.6) is 0 Å². The van der Waals surface area contributed by atoms with Crippen LogP contribution in [0.3, 0.4) is 0 Å². The van der Waals surface area contributed by atoms with E-state index in [9.17, 15) is 15.0 Å². The number of aliphatic hydroxyl groups excluding tert-OH is 1. The lowest BCUT2D eigenvalue weighted by Crippen LogP contribution is -2.46. The van der Waals surface area contributed by atoms with E-state index >= 15 is 0 Å². The third-order valence-electron chi connectivity index (χ3n) is 7.88. The highest BCUT2D eigenvalue weighted by Crippen LogP contribution is 2.40. The van der Waals surface area contributed by atoms with Crippen molar-refractivity contribution in [1.82, 2.24) is 4.90 Å². The Morgan fingerprint density at radius 2 is 1.81 bits per heavy atom. The number of hydrogen-bond donors (Lipinski definition) is 3. The molecule has 3 atom stereocenters. The maximum absolute atomic E-state index is 12.1. The highest BCUT2D eigenvalue weighted by Gasteiger charge is 2.37. The standard InChI is InChI=1S/C33H37ClN2O6/c1-2-18-40-32(38)35-28-5-3-4-25(19-28)31-41-29(20-30(42-31)24-8-6-23(22-37)7-9-24)21-36-16-14-33(39,15-17-36)26-10-12-27(34)13-11-26/h2-13,19,29-31,37,39H,1,14-18,20-22H2,(H,35,38)/t29-,30+,31+/m1/s1. The fourth-order valence-corrected chi connectivity index (χ4v) is 5.65. The van der Waals surface area contributed by atoms with E-state index in [0.717, 1.165) is 35.3 Å². The van der Waals surface area contributed by atoms with Crippen molar-refractivity contribution in [2.24, 2.45) is 0 Å². The summed E-state index contributed by atoms with van der Waals surface area (Å²) in [6.45, 7) is 5.80. The van der Waals surface area contributed by atoms with Gasteiger partial charge in [0.2, 0.25) is 0 Å². The molecule has 0 radical (unpaired) electrons. The summed E-state index contributed by atoms with van der Waals surface area (Å²) < 4.78 is 18.0. The maximum atomic E-state index is 12.1. The van der Waals surface area contributed by atoms with Crippen molar-refractivity contribution in [3.05, 3.63) is 113 Å². The number of rotatable bonds is 9. The first kappa shape index (κ1) is 30.2. The minimum absolute atomic E-state index is 0.0213. The second kappa shape index (κ2) is 13.8. The molecule has 5 rings (SSSR count). The summed E-state index contributed by atoms with van der Waals surface area (Å²) in [6, 6.07) is 22.6. The molecule has 9 heteroatoms. The van der Waals surface area contributed by atoms with E-state index in [4.69, 9.17) is 25.8 Å². The number of aliphatic hydroxyl groups is 2. The second-order valence-electron chi connectivity index (χ2n) is 10.8. The Hall–Kier alpha value is -3.24. The Bertz CT molecular complexity index is 1340. The van der Waals surface area contributed by atoms with Gasteiger partial charge in [-0.05, 0) is 53.8 Å². The van der Waals surface area contributed by atoms with Crippen LogP contribution in [0.2, 0.25) is 5.02 Å². The summed E-state index contributed by atoms with van der Waals surface area (Å²) in [5.74, 6) is 0. The molecule has 0 unspecified atom stereocenters. The molecule has 1 amide bonds. The number of nitrogens with one attached hydrogen (secondary N) is 1. The zero-order valence-electron chi connectivity index (χ0n) is 23.5. The van der Waals surface area contributed by atoms with Crippen LogP contribution in [0.15, 0.2) is 85.5 Å². The lowest BCUT2D eigenvalue weighted by Gasteiger charge is -2.42. The summed E-state index contributed by atoms with van der Waals surface area (Å²) in [6.07, 6.45) is 1.79. The lowest BCUT2D eigenvalue weighted by atomic mass is 9.84. The zero-order chi connectivity index (χ0) is 29.5. The summed E-state index contributed by atoms with van der Waals surface area (Å²) in [5.41, 5.74) is 3.19. The molecule has 3 aromatic carbocycles. The van der Waals surface area contributed by atoms with Crippen LogP contribution in [0.25, 0.3) is 0 Å². The molecule has 2 heterocycles. The number of hydrogen-bond acceptors (Lipinski definition) is 7. The number of nitrogens with zero attached hydrogens (tertiary/aromatic N) is 1. The zero-order valence-corrected chi connectivity index (χ0v) is 24.2. The normalized spacial score (nSPS) is 22.3. The molecular weight excluding hydrogens is 556 g/mol. The van der Waals surface area contributed by atoms with Crippen molar-refractivity contribution >= 4 is 23.4 Å². The minimum atomic E-state index is -0.878. The van der Waals surface area contributed by atoms with Gasteiger partial charge in [-0.25, -0.2) is 4.79 Å². The van der Waals surface area contributed by atoms with E-state index in [0.29, 0.717) is 36.5 Å². The minimum Gasteiger partial charge on any atom is -0.445 e. The Morgan fingerprint density at radius 3 is 2.50 bits per heavy atom. The molecule has 0 aliphatic carbocycles. The molecule has 0 spiro atoms. The van der Waals surface area contributed by atoms with E-state index in [2.05, 4.69) is 16.8 Å². The van der Waals surface area contributed by atoms with Gasteiger partial charge in [0.15, 0.2) is 6.29 Å². The SMILES string of the molecule is C=CCOC(=O)Nc1cccc([C@H]2O[C@@H](CN3CCC(O)(c4ccc(Cl)cc4)CC3)C[C@@H](c3ccc(CO)cc3)O2)c1. The van der Waals surface area contributed by atoms with Crippen molar-refractivity contribution in [1.29, 1.82) is 0 Å². The number of carbonyl (C=O) groups excluding carboxylic acids is 1. The lowest BCUT2D eigenvalue weighted by molar-refractivity contribution is -0.253. The Kier molecular flexibility index (Phi) is 9.95. The van der Waals surface area contributed by atoms with Gasteiger partial charge in [-0.2, -0.15) is 0 Å². The topological polar surface area (TPSA) is 100 Å². The van der Waals surface area contributed by atoms with Crippen molar-refractivity contribution in [2.75, 3.05) is 31.6 Å². The summed E-state index contributed by atoms with van der Waals surface area (Å²) in [5, 5.41) is 24.2. The highest BCUT2D eigenvalue weighted by molar-refractivity contribution is 6.30. The third-order valence-corrected chi connectivity index (χ3v) is 8.13. The van der Waals surface area contributed by atoms with Crippen molar-refractivity contribution in [2.45, 2.75) is 50.0 Å². The van der Waals surface area contributed by atoms with E-state index < -0.39 is 18.0 Å². The van der Waals surface area contributed by atoms with Crippen LogP contribution >= 0.6 is 11.6 Å². The molecule has 2 aliphatic rings. The molecule has 2 aliphatic heterocycles. The molecule has 42 heavy (non-hydrogen) atoms. The smallest absolute Gasteiger partial charge is 0.411 e. The average molecular weight is 593 g/mol. The third kappa shape index (κ3) is 7.58. The van der Waals surface area contributed by atoms with Gasteiger partial charge < -0.3 is 29.3 Å². The van der Waals surface area contributed by atoms with E-state index in [1.165, 1.54) is 6.08 Å². The number of piperidine rings is 1. The quantitative estimate of drug-likeness (QED) is 0.258. The molecule has 0 bridgehead atoms. The number of amides is 1. The van der Waals surface area contributed by atoms with Crippen LogP contribution in [-0.2, 0) is 26.4 Å². The Labute approximate surface area is 251 Å². The molecule has 8 nitrogen and oxygen atoms in total. The first-order valence-electron chi connectivity index (χ1n) is 14.2. The van der Waals surface area contributed by atoms with E-state index in [1.807, 2.05) is 66.7 Å². The van der Waals surface area contributed by atoms with Gasteiger partial charge in [0.05, 0.1) is 24.4 Å². The second-order valence-corrected chi connectivity index (χ2v) is 11.3. The van der Waals surface area contributed by atoms with Gasteiger partial charge in [0.1, 0.15) is 6.61 Å². The average Bonchev–Trinajstić information content (AvgIpc) is 3.01. The first-order chi connectivity index (χ1) is 20.3. The molecule has 2 fully saturated rings. The van der Waals surface area contributed by atoms with Crippen LogP contribution in [-0.4, -0.2) is 53.6 Å². The van der Waals surface area contributed by atoms with Crippen molar-refractivity contribution in [3.8, 4) is 0 Å². The number of benzene rings is 3. The van der Waals surface area contributed by atoms with Gasteiger partial charge >= 0.3 is 6.09 Å². The fourth-order valence-electron chi connectivity index (χ4n) is 5.53. The molecule has 222 valence electrons. The maximum Gasteiger partial charge on any atom is 0.411 e. The summed E-state index contributed by atoms with van der Waals surface area (Å²) >= 11 is 6.05. The number of likely N-dealkylation sites (tertiary alicyclic amines) is 1. The number of carbonyl (C=O) groups is 1. The van der Waals surface area contributed by atoms with Crippen molar-refractivity contribution < 1.29 is 29.2 Å². The van der Waals surface area contributed by atoms with Gasteiger partial charge in [0, 0.05) is 42.3 Å². The molecular formula is C33H37ClN2O6. The van der Waals surface area contributed by atoms with Gasteiger partial charge in [0.25, 0.3) is 0 Å². The molecule has 0 saturated carbocycles. The molecule has 2 saturated heterocycles. The number of anilines is 1. The summed E-state index contributed by atoms with van der Waals surface area (Å²) in [7, 11) is 0. The van der Waals surface area contributed by atoms with Crippen molar-refractivity contribution in [3.63, 3.8) is 0 Å². The first-order valence-corrected chi connectivity index (χ1v) is 14.6. The van der Waals surface area contributed by atoms with E-state index in [1.54, 1.807) is 6.07 Å². The Morgan fingerprint density at radius 1 is 1.07 bits per heavy atom. The predicted molar refractivity (Wildman–Crippen MR) is 161 cm³/mol. The van der Waals surface area contributed by atoms with Crippen LogP contribution in [0.1, 0.15) is 53.9 Å². The molecule has 0 aromatic heterocycles. The van der Waals surface area contributed by atoms with E-state index in [-0.39, 0.29) is 25.4 Å². The highest BCUT2D eigenvalue weighted by atomic mass is 35.5. The van der Waals surface area contributed by atoms with Crippen LogP contribution < -0.4 is 5.32 Å². The number of ether oxygens (including phenoxy) is 3. The van der Waals surface area contributed by atoms with Gasteiger partial charge in [-0.1, -0.05) is 72.8 Å². The van der Waals surface area contributed by atoms with Gasteiger partial charge in [-0.3, -0.25) is 5.32 Å².